The topological polar surface area (TPSA) is 32.7 Å². The number of rotatable bonds is 2. The van der Waals surface area contributed by atoms with Crippen molar-refractivity contribution in [3.8, 4) is 0 Å². The Hall–Kier alpha value is -1.31. The van der Waals surface area contributed by atoms with Crippen molar-refractivity contribution in [2.75, 3.05) is 18.0 Å². The molecule has 1 aliphatic heterocycles. The molecule has 3 nitrogen and oxygen atoms in total. The van der Waals surface area contributed by atoms with Crippen LogP contribution in [0.2, 0.25) is 5.02 Å². The molecule has 0 bridgehead atoms. The minimum Gasteiger partial charge on any atom is -0.370 e. The van der Waals surface area contributed by atoms with Crippen molar-refractivity contribution in [1.82, 2.24) is 0 Å². The van der Waals surface area contributed by atoms with Crippen molar-refractivity contribution in [2.45, 2.75) is 20.3 Å². The van der Waals surface area contributed by atoms with Gasteiger partial charge in [0.05, 0.1) is 16.4 Å². The van der Waals surface area contributed by atoms with E-state index in [2.05, 4.69) is 23.7 Å². The Morgan fingerprint density at radius 3 is 2.56 bits per heavy atom. The van der Waals surface area contributed by atoms with Gasteiger partial charge in [-0.2, -0.15) is 4.99 Å². The first-order valence-electron chi connectivity index (χ1n) is 6.22. The van der Waals surface area contributed by atoms with Gasteiger partial charge < -0.3 is 4.90 Å². The van der Waals surface area contributed by atoms with E-state index in [1.807, 2.05) is 6.07 Å². The summed E-state index contributed by atoms with van der Waals surface area (Å²) in [7, 11) is 0. The largest absolute Gasteiger partial charge is 0.370 e. The summed E-state index contributed by atoms with van der Waals surface area (Å²) in [5.74, 6) is 1.36. The van der Waals surface area contributed by atoms with Crippen molar-refractivity contribution < 1.29 is 4.79 Å². The molecular formula is C14H17ClN2O. The number of piperidine rings is 1. The molecular weight excluding hydrogens is 248 g/mol. The second-order valence-electron chi connectivity index (χ2n) is 5.19. The zero-order valence-electron chi connectivity index (χ0n) is 10.7. The Kier molecular flexibility index (Phi) is 4.05. The first-order chi connectivity index (χ1) is 8.60. The van der Waals surface area contributed by atoms with Crippen LogP contribution in [-0.2, 0) is 4.79 Å². The maximum atomic E-state index is 10.2. The SMILES string of the molecule is CC1CC(C)CN(c2ccc(N=C=O)cc2Cl)C1. The third kappa shape index (κ3) is 2.92. The van der Waals surface area contributed by atoms with Gasteiger partial charge in [-0.05, 0) is 36.5 Å². The van der Waals surface area contributed by atoms with Crippen molar-refractivity contribution in [3.63, 3.8) is 0 Å². The van der Waals surface area contributed by atoms with Crippen LogP contribution in [0.3, 0.4) is 0 Å². The van der Waals surface area contributed by atoms with E-state index >= 15 is 0 Å². The van der Waals surface area contributed by atoms with Crippen LogP contribution >= 0.6 is 11.6 Å². The van der Waals surface area contributed by atoms with E-state index in [-0.39, 0.29) is 0 Å². The van der Waals surface area contributed by atoms with Gasteiger partial charge in [0, 0.05) is 13.1 Å². The van der Waals surface area contributed by atoms with Gasteiger partial charge in [-0.15, -0.1) is 0 Å². The fourth-order valence-corrected chi connectivity index (χ4v) is 3.03. The first kappa shape index (κ1) is 13.1. The normalized spacial score (nSPS) is 23.6. The highest BCUT2D eigenvalue weighted by Gasteiger charge is 2.23. The van der Waals surface area contributed by atoms with E-state index in [0.717, 1.165) is 18.8 Å². The number of benzene rings is 1. The highest BCUT2D eigenvalue weighted by Crippen LogP contribution is 2.33. The van der Waals surface area contributed by atoms with Crippen LogP contribution in [0, 0.1) is 11.8 Å². The van der Waals surface area contributed by atoms with Gasteiger partial charge in [0.25, 0.3) is 0 Å². The zero-order valence-corrected chi connectivity index (χ0v) is 11.4. The molecule has 1 saturated heterocycles. The minimum atomic E-state index is 0.553. The molecule has 1 heterocycles. The van der Waals surface area contributed by atoms with Gasteiger partial charge in [-0.3, -0.25) is 0 Å². The van der Waals surface area contributed by atoms with Crippen LogP contribution < -0.4 is 4.90 Å². The van der Waals surface area contributed by atoms with Crippen molar-refractivity contribution in [2.24, 2.45) is 16.8 Å². The van der Waals surface area contributed by atoms with Crippen molar-refractivity contribution in [3.05, 3.63) is 23.2 Å². The molecule has 1 aliphatic rings. The highest BCUT2D eigenvalue weighted by molar-refractivity contribution is 6.33. The number of hydrogen-bond donors (Lipinski definition) is 0. The summed E-state index contributed by atoms with van der Waals surface area (Å²) < 4.78 is 0. The predicted molar refractivity (Wildman–Crippen MR) is 74.4 cm³/mol. The lowest BCUT2D eigenvalue weighted by atomic mass is 9.91. The summed E-state index contributed by atoms with van der Waals surface area (Å²) in [5.41, 5.74) is 1.58. The van der Waals surface area contributed by atoms with Crippen LogP contribution in [-0.4, -0.2) is 19.2 Å². The number of halogens is 1. The van der Waals surface area contributed by atoms with Crippen LogP contribution in [0.25, 0.3) is 0 Å². The van der Waals surface area contributed by atoms with E-state index < -0.39 is 0 Å². The quantitative estimate of drug-likeness (QED) is 0.601. The molecule has 0 aliphatic carbocycles. The van der Waals surface area contributed by atoms with Crippen LogP contribution in [0.15, 0.2) is 23.2 Å². The molecule has 1 fully saturated rings. The molecule has 1 aromatic rings. The molecule has 0 radical (unpaired) electrons. The average Bonchev–Trinajstić information content (AvgIpc) is 2.28. The molecule has 0 spiro atoms. The van der Waals surface area contributed by atoms with Gasteiger partial charge in [0.2, 0.25) is 6.08 Å². The van der Waals surface area contributed by atoms with Crippen LogP contribution in [0.4, 0.5) is 11.4 Å². The van der Waals surface area contributed by atoms with Gasteiger partial charge >= 0.3 is 0 Å². The van der Waals surface area contributed by atoms with Gasteiger partial charge in [-0.1, -0.05) is 25.4 Å². The molecule has 0 amide bonds. The maximum Gasteiger partial charge on any atom is 0.240 e. The molecule has 2 unspecified atom stereocenters. The molecule has 96 valence electrons. The van der Waals surface area contributed by atoms with Crippen LogP contribution in [0.1, 0.15) is 20.3 Å². The molecule has 0 aromatic heterocycles. The number of anilines is 1. The fraction of sp³-hybridized carbons (Fsp3) is 0.500. The Morgan fingerprint density at radius 1 is 1.33 bits per heavy atom. The molecule has 1 aromatic carbocycles. The molecule has 18 heavy (non-hydrogen) atoms. The molecule has 2 atom stereocenters. The number of carbonyl (C=O) groups excluding carboxylic acids is 1. The van der Waals surface area contributed by atoms with E-state index in [9.17, 15) is 4.79 Å². The number of nitrogens with zero attached hydrogens (tertiary/aromatic N) is 2. The molecule has 0 N–H and O–H groups in total. The van der Waals surface area contributed by atoms with E-state index in [1.165, 1.54) is 12.5 Å². The average molecular weight is 265 g/mol. The number of aliphatic imine (C=N–C) groups is 1. The monoisotopic (exact) mass is 264 g/mol. The third-order valence-corrected chi connectivity index (χ3v) is 3.62. The zero-order chi connectivity index (χ0) is 13.1. The summed E-state index contributed by atoms with van der Waals surface area (Å²) in [5, 5.41) is 0.646. The third-order valence-electron chi connectivity index (χ3n) is 3.32. The molecule has 4 heteroatoms. The maximum absolute atomic E-state index is 10.2. The molecule has 2 rings (SSSR count). The Balaban J connectivity index is 2.25. The second kappa shape index (κ2) is 5.55. The van der Waals surface area contributed by atoms with E-state index in [4.69, 9.17) is 11.6 Å². The second-order valence-corrected chi connectivity index (χ2v) is 5.60. The smallest absolute Gasteiger partial charge is 0.240 e. The highest BCUT2D eigenvalue weighted by atomic mass is 35.5. The fourth-order valence-electron chi connectivity index (χ4n) is 2.73. The van der Waals surface area contributed by atoms with Crippen molar-refractivity contribution >= 4 is 29.1 Å². The lowest BCUT2D eigenvalue weighted by molar-refractivity contribution is 0.357. The van der Waals surface area contributed by atoms with Crippen LogP contribution in [0.5, 0.6) is 0 Å². The summed E-state index contributed by atoms with van der Waals surface area (Å²) in [6.07, 6.45) is 2.79. The van der Waals surface area contributed by atoms with Gasteiger partial charge in [-0.25, -0.2) is 4.79 Å². The Morgan fingerprint density at radius 2 is 2.00 bits per heavy atom. The summed E-state index contributed by atoms with van der Waals surface area (Å²) >= 11 is 6.26. The first-order valence-corrected chi connectivity index (χ1v) is 6.60. The van der Waals surface area contributed by atoms with E-state index in [1.54, 1.807) is 12.1 Å². The Bertz CT molecular complexity index is 473. The predicted octanol–water partition coefficient (Wildman–Crippen LogP) is 3.79. The summed E-state index contributed by atoms with van der Waals surface area (Å²) in [4.78, 5) is 16.1. The lowest BCUT2D eigenvalue weighted by Gasteiger charge is -2.37. The van der Waals surface area contributed by atoms with Crippen molar-refractivity contribution in [1.29, 1.82) is 0 Å². The summed E-state index contributed by atoms with van der Waals surface area (Å²) in [6, 6.07) is 5.45. The standard InChI is InChI=1S/C14H17ClN2O/c1-10-5-11(2)8-17(7-10)14-4-3-12(16-9-18)6-13(14)15/h3-4,6,10-11H,5,7-8H2,1-2H3. The lowest BCUT2D eigenvalue weighted by Crippen LogP contribution is -2.38. The van der Waals surface area contributed by atoms with E-state index in [0.29, 0.717) is 22.5 Å². The summed E-state index contributed by atoms with van der Waals surface area (Å²) in [6.45, 7) is 6.59. The van der Waals surface area contributed by atoms with Gasteiger partial charge in [0.15, 0.2) is 0 Å². The molecule has 0 saturated carbocycles. The minimum absolute atomic E-state index is 0.553. The Labute approximate surface area is 112 Å². The van der Waals surface area contributed by atoms with Gasteiger partial charge in [0.1, 0.15) is 0 Å². The number of hydrogen-bond acceptors (Lipinski definition) is 3. The number of isocyanates is 1.